The second-order valence-electron chi connectivity index (χ2n) is 12.3. The zero-order valence-corrected chi connectivity index (χ0v) is 27.0. The maximum absolute atomic E-state index is 14.2. The molecule has 3 N–H and O–H groups in total. The fraction of sp³-hybridized carbons (Fsp3) is 0.333. The van der Waals surface area contributed by atoms with E-state index < -0.39 is 59.0 Å². The first kappa shape index (κ1) is 34.6. The number of ketones is 1. The summed E-state index contributed by atoms with van der Waals surface area (Å²) in [7, 11) is 0. The average molecular weight is 667 g/mol. The molecule has 49 heavy (non-hydrogen) atoms. The van der Waals surface area contributed by atoms with Gasteiger partial charge in [-0.15, -0.1) is 4.91 Å². The van der Waals surface area contributed by atoms with Gasteiger partial charge in [0.2, 0.25) is 17.7 Å². The van der Waals surface area contributed by atoms with Crippen LogP contribution in [0.4, 0.5) is 5.69 Å². The Morgan fingerprint density at radius 1 is 0.857 bits per heavy atom. The van der Waals surface area contributed by atoms with Crippen molar-refractivity contribution in [1.29, 1.82) is 0 Å². The monoisotopic (exact) mass is 666 g/mol. The van der Waals surface area contributed by atoms with Gasteiger partial charge in [0.1, 0.15) is 18.1 Å². The maximum atomic E-state index is 14.2. The van der Waals surface area contributed by atoms with E-state index >= 15 is 0 Å². The zero-order chi connectivity index (χ0) is 35.0. The number of hydrogen-bond acceptors (Lipinski definition) is 8. The smallest absolute Gasteiger partial charge is 0.272 e. The predicted octanol–water partition coefficient (Wildman–Crippen LogP) is 2.38. The average Bonchev–Trinajstić information content (AvgIpc) is 3.61. The number of nitroso groups, excluding NO2 is 1. The van der Waals surface area contributed by atoms with Crippen molar-refractivity contribution in [2.75, 3.05) is 11.6 Å². The van der Waals surface area contributed by atoms with Gasteiger partial charge in [0.25, 0.3) is 11.8 Å². The van der Waals surface area contributed by atoms with E-state index in [0.717, 1.165) is 11.1 Å². The first-order valence-corrected chi connectivity index (χ1v) is 16.2. The number of likely N-dealkylation sites (tertiary alicyclic amines) is 1. The van der Waals surface area contributed by atoms with Gasteiger partial charge in [0, 0.05) is 32.2 Å². The van der Waals surface area contributed by atoms with Crippen LogP contribution in [0.5, 0.6) is 0 Å². The minimum atomic E-state index is -1.85. The molecule has 0 spiro atoms. The topological polar surface area (TPSA) is 174 Å². The van der Waals surface area contributed by atoms with E-state index in [1.807, 2.05) is 12.1 Å². The van der Waals surface area contributed by atoms with E-state index in [9.17, 15) is 33.7 Å². The second kappa shape index (κ2) is 15.5. The van der Waals surface area contributed by atoms with Crippen molar-refractivity contribution in [1.82, 2.24) is 20.9 Å². The van der Waals surface area contributed by atoms with E-state index in [0.29, 0.717) is 11.4 Å². The number of anilines is 1. The van der Waals surface area contributed by atoms with Crippen LogP contribution in [-0.2, 0) is 41.6 Å². The van der Waals surface area contributed by atoms with Crippen molar-refractivity contribution in [3.05, 3.63) is 107 Å². The third-order valence-electron chi connectivity index (χ3n) is 8.89. The number of nitrogens with one attached hydrogen (secondary N) is 3. The van der Waals surface area contributed by atoms with Crippen LogP contribution in [0.2, 0.25) is 0 Å². The van der Waals surface area contributed by atoms with Gasteiger partial charge >= 0.3 is 0 Å². The summed E-state index contributed by atoms with van der Waals surface area (Å²) < 4.78 is 0. The number of carbonyl (C=O) groups excluding carboxylic acids is 6. The quantitative estimate of drug-likeness (QED) is 0.151. The molecule has 0 bridgehead atoms. The Hall–Kier alpha value is -5.72. The molecular formula is C36H38N6O7. The maximum Gasteiger partial charge on any atom is 0.272 e. The van der Waals surface area contributed by atoms with E-state index in [-0.39, 0.29) is 44.3 Å². The van der Waals surface area contributed by atoms with Gasteiger partial charge in [-0.3, -0.25) is 28.8 Å². The lowest BCUT2D eigenvalue weighted by atomic mass is 9.87. The van der Waals surface area contributed by atoms with Crippen molar-refractivity contribution in [3.8, 4) is 0 Å². The number of carbonyl (C=O) groups is 6. The van der Waals surface area contributed by atoms with Crippen LogP contribution in [0.25, 0.3) is 0 Å². The predicted molar refractivity (Wildman–Crippen MR) is 179 cm³/mol. The Balaban J connectivity index is 1.38. The van der Waals surface area contributed by atoms with Gasteiger partial charge in [-0.25, -0.2) is 0 Å². The fourth-order valence-corrected chi connectivity index (χ4v) is 6.18. The van der Waals surface area contributed by atoms with Crippen LogP contribution < -0.4 is 21.0 Å². The number of rotatable bonds is 12. The van der Waals surface area contributed by atoms with E-state index in [1.165, 1.54) is 11.8 Å². The Bertz CT molecular complexity index is 1700. The lowest BCUT2D eigenvalue weighted by Crippen LogP contribution is -2.66. The Morgan fingerprint density at radius 2 is 1.43 bits per heavy atom. The Labute approximate surface area is 283 Å². The molecule has 5 amide bonds. The molecule has 0 unspecified atom stereocenters. The highest BCUT2D eigenvalue weighted by molar-refractivity contribution is 6.15. The Morgan fingerprint density at radius 3 is 2.02 bits per heavy atom. The van der Waals surface area contributed by atoms with Crippen molar-refractivity contribution < 1.29 is 28.8 Å². The van der Waals surface area contributed by atoms with Gasteiger partial charge in [0.15, 0.2) is 11.3 Å². The molecule has 0 aromatic heterocycles. The number of hydrogen-bond donors (Lipinski definition) is 3. The van der Waals surface area contributed by atoms with Gasteiger partial charge in [-0.05, 0) is 43.0 Å². The summed E-state index contributed by atoms with van der Waals surface area (Å²) in [6.45, 7) is 1.52. The fourth-order valence-electron chi connectivity index (χ4n) is 6.18. The number of Topliss-reactive ketones (excluding diaryl/α,β-unsaturated/α-hetero) is 1. The molecule has 3 aromatic carbocycles. The minimum Gasteiger partial charge on any atom is -0.342 e. The van der Waals surface area contributed by atoms with Crippen LogP contribution in [-0.4, -0.2) is 70.4 Å². The van der Waals surface area contributed by atoms with Crippen LogP contribution in [0.15, 0.2) is 96.3 Å². The highest BCUT2D eigenvalue weighted by Gasteiger charge is 2.47. The first-order valence-electron chi connectivity index (χ1n) is 16.2. The molecule has 3 aromatic rings. The number of benzene rings is 3. The van der Waals surface area contributed by atoms with Gasteiger partial charge in [0.05, 0.1) is 11.0 Å². The summed E-state index contributed by atoms with van der Waals surface area (Å²) in [5, 5.41) is 11.6. The first-order chi connectivity index (χ1) is 23.6. The van der Waals surface area contributed by atoms with Crippen LogP contribution in [0, 0.1) is 4.91 Å². The minimum absolute atomic E-state index is 0.0293. The molecule has 13 nitrogen and oxygen atoms in total. The zero-order valence-electron chi connectivity index (χ0n) is 27.0. The molecular weight excluding hydrogens is 628 g/mol. The van der Waals surface area contributed by atoms with Crippen molar-refractivity contribution in [2.45, 2.75) is 69.1 Å². The molecule has 2 aliphatic rings. The molecule has 5 rings (SSSR count). The summed E-state index contributed by atoms with van der Waals surface area (Å²) in [5.41, 5.74) is -0.174. The lowest BCUT2D eigenvalue weighted by molar-refractivity contribution is -0.147. The number of nitrogens with zero attached hydrogens (tertiary/aromatic N) is 3. The summed E-state index contributed by atoms with van der Waals surface area (Å²) in [4.78, 5) is 93.6. The third-order valence-corrected chi connectivity index (χ3v) is 8.89. The molecule has 2 aliphatic heterocycles. The molecule has 4 atom stereocenters. The lowest BCUT2D eigenvalue weighted by Gasteiger charge is -2.34. The largest absolute Gasteiger partial charge is 0.342 e. The van der Waals surface area contributed by atoms with Crippen LogP contribution >= 0.6 is 0 Å². The second-order valence-corrected chi connectivity index (χ2v) is 12.3. The summed E-state index contributed by atoms with van der Waals surface area (Å²) >= 11 is 0. The molecule has 0 aliphatic carbocycles. The van der Waals surface area contributed by atoms with Gasteiger partial charge in [-0.1, -0.05) is 78.9 Å². The summed E-state index contributed by atoms with van der Waals surface area (Å²) in [6, 6.07) is 22.7. The molecule has 0 radical (unpaired) electrons. The summed E-state index contributed by atoms with van der Waals surface area (Å²) in [5.74, 6) is -3.66. The van der Waals surface area contributed by atoms with Gasteiger partial charge in [-0.2, -0.15) is 5.01 Å². The van der Waals surface area contributed by atoms with Crippen molar-refractivity contribution >= 4 is 41.0 Å². The number of para-hydroxylation sites is 1. The molecule has 2 saturated heterocycles. The molecule has 2 heterocycles. The molecule has 2 fully saturated rings. The van der Waals surface area contributed by atoms with Crippen molar-refractivity contribution in [3.63, 3.8) is 0 Å². The molecule has 0 saturated carbocycles. The van der Waals surface area contributed by atoms with E-state index in [4.69, 9.17) is 0 Å². The highest BCUT2D eigenvalue weighted by atomic mass is 16.3. The third kappa shape index (κ3) is 8.06. The standard InChI is InChI=1S/C36H38N6O7/c1-36(30(43)19-20-31(44)39-36)35(48)38-27(22-24-12-5-2-6-13-24)33(46)41-21-11-18-29(41)32(45)37-28(23-25-14-7-3-8-15-25)34(47)42(40-49)26-16-9-4-10-17-26/h2-10,12-17,27-29H,11,18-23H2,1H3,(H,37,45)(H,38,48)(H,39,44)/t27-,28-,29-,36+/m0/s1. The normalized spacial score (nSPS) is 20.0. The van der Waals surface area contributed by atoms with Crippen LogP contribution in [0.3, 0.4) is 0 Å². The van der Waals surface area contributed by atoms with E-state index in [1.54, 1.807) is 78.9 Å². The molecule has 13 heteroatoms. The number of piperidine rings is 1. The Kier molecular flexibility index (Phi) is 10.9. The van der Waals surface area contributed by atoms with E-state index in [2.05, 4.69) is 21.2 Å². The molecule has 254 valence electrons. The SMILES string of the molecule is C[C@@]1(C(=O)N[C@@H](Cc2ccccc2)C(=O)N2CCC[C@H]2C(=O)N[C@@H](Cc2ccccc2)C(=O)N(N=O)c2ccccc2)NC(=O)CCC1=O. The number of amides is 5. The summed E-state index contributed by atoms with van der Waals surface area (Å²) in [6.07, 6.45) is 0.739. The van der Waals surface area contributed by atoms with Gasteiger partial charge < -0.3 is 20.9 Å². The van der Waals surface area contributed by atoms with Crippen molar-refractivity contribution in [2.24, 2.45) is 5.29 Å². The van der Waals surface area contributed by atoms with Crippen LogP contribution in [0.1, 0.15) is 43.7 Å². The highest BCUT2D eigenvalue weighted by Crippen LogP contribution is 2.23.